The molecule has 4 N–H and O–H groups in total. The number of hydrogen-bond donors (Lipinski definition) is 4. The molecule has 0 bridgehead atoms. The summed E-state index contributed by atoms with van der Waals surface area (Å²) in [4.78, 5) is 55.0. The van der Waals surface area contributed by atoms with E-state index in [0.29, 0.717) is 74.7 Å². The molecule has 4 amide bonds. The van der Waals surface area contributed by atoms with Crippen molar-refractivity contribution in [3.8, 4) is 22.3 Å². The number of nitrogens with zero attached hydrogens (tertiary/aromatic N) is 2. The maximum Gasteiger partial charge on any atom is 0.244 e. The van der Waals surface area contributed by atoms with Crippen LogP contribution in [0.3, 0.4) is 0 Å². The van der Waals surface area contributed by atoms with Crippen molar-refractivity contribution in [2.45, 2.75) is 60.4 Å². The second kappa shape index (κ2) is 22.4. The molecule has 4 aromatic carbocycles. The Morgan fingerprint density at radius 3 is 1.48 bits per heavy atom. The van der Waals surface area contributed by atoms with Crippen molar-refractivity contribution in [2.75, 3.05) is 39.4 Å². The fourth-order valence-corrected chi connectivity index (χ4v) is 10.2. The largest absolute Gasteiger partial charge is 0.394 e. The van der Waals surface area contributed by atoms with Crippen LogP contribution in [0.2, 0.25) is 10.0 Å². The molecule has 320 valence electrons. The molecule has 0 radical (unpaired) electrons. The minimum absolute atomic E-state index is 0.0294. The van der Waals surface area contributed by atoms with Gasteiger partial charge >= 0.3 is 0 Å². The SMILES string of the molecule is O=C(/C=C/c1ccc(Sc2ccc(/C=C/C(=O)NCCCN3C(=O)CC[C@H]3CO)c(-c3ccccc3Br)c2Cl)c(Cl)c1-c1ccccc1Br)NCCCN1C(=O)CC[C@H]1CO. The Hall–Kier alpha value is -3.95. The lowest BCUT2D eigenvalue weighted by molar-refractivity contribution is -0.130. The predicted octanol–water partition coefficient (Wildman–Crippen LogP) is 9.01. The molecule has 10 nitrogen and oxygen atoms in total. The van der Waals surface area contributed by atoms with Crippen molar-refractivity contribution in [3.63, 3.8) is 0 Å². The zero-order valence-electron chi connectivity index (χ0n) is 33.2. The van der Waals surface area contributed by atoms with Crippen molar-refractivity contribution < 1.29 is 29.4 Å². The number of rotatable bonds is 18. The summed E-state index contributed by atoms with van der Waals surface area (Å²) in [5.41, 5.74) is 4.56. The summed E-state index contributed by atoms with van der Waals surface area (Å²) in [6.45, 7) is 1.56. The van der Waals surface area contributed by atoms with E-state index in [1.165, 1.54) is 23.9 Å². The highest BCUT2D eigenvalue weighted by molar-refractivity contribution is 9.11. The maximum atomic E-state index is 12.9. The Kier molecular flexibility index (Phi) is 17.1. The third-order valence-electron chi connectivity index (χ3n) is 10.7. The molecule has 4 aromatic rings. The zero-order valence-corrected chi connectivity index (χ0v) is 38.7. The van der Waals surface area contributed by atoms with Crippen LogP contribution in [-0.2, 0) is 19.2 Å². The van der Waals surface area contributed by atoms with Crippen LogP contribution in [0.15, 0.2) is 104 Å². The van der Waals surface area contributed by atoms with E-state index < -0.39 is 0 Å². The summed E-state index contributed by atoms with van der Waals surface area (Å²) in [6.07, 6.45) is 9.70. The van der Waals surface area contributed by atoms with E-state index in [-0.39, 0.29) is 48.9 Å². The Balaban J connectivity index is 1.20. The summed E-state index contributed by atoms with van der Waals surface area (Å²) in [7, 11) is 0. The number of benzene rings is 4. The minimum Gasteiger partial charge on any atom is -0.394 e. The van der Waals surface area contributed by atoms with Gasteiger partial charge in [-0.15, -0.1) is 0 Å². The molecule has 2 saturated heterocycles. The monoisotopic (exact) mass is 1010 g/mol. The van der Waals surface area contributed by atoms with E-state index in [1.807, 2.05) is 72.8 Å². The molecule has 15 heteroatoms. The summed E-state index contributed by atoms with van der Waals surface area (Å²) in [5.74, 6) is -0.517. The van der Waals surface area contributed by atoms with Gasteiger partial charge in [-0.05, 0) is 84.4 Å². The zero-order chi connectivity index (χ0) is 43.5. The summed E-state index contributed by atoms with van der Waals surface area (Å²) >= 11 is 23.3. The second-order valence-corrected chi connectivity index (χ2v) is 18.2. The number of hydrogen-bond acceptors (Lipinski definition) is 7. The number of aliphatic hydroxyl groups is 2. The van der Waals surface area contributed by atoms with Crippen LogP contribution < -0.4 is 10.6 Å². The first-order valence-electron chi connectivity index (χ1n) is 20.1. The Morgan fingerprint density at radius 1 is 0.672 bits per heavy atom. The molecule has 2 aliphatic rings. The van der Waals surface area contributed by atoms with Gasteiger partial charge in [0.15, 0.2) is 0 Å². The number of halogens is 4. The van der Waals surface area contributed by atoms with Gasteiger partial charge in [0.2, 0.25) is 23.6 Å². The van der Waals surface area contributed by atoms with Crippen molar-refractivity contribution in [1.29, 1.82) is 0 Å². The van der Waals surface area contributed by atoms with Crippen molar-refractivity contribution in [1.82, 2.24) is 20.4 Å². The number of nitrogens with one attached hydrogen (secondary N) is 2. The third-order valence-corrected chi connectivity index (χ3v) is 14.2. The lowest BCUT2D eigenvalue weighted by Crippen LogP contribution is -2.37. The van der Waals surface area contributed by atoms with Crippen molar-refractivity contribution >= 4 is 103 Å². The van der Waals surface area contributed by atoms with Crippen LogP contribution in [0.25, 0.3) is 34.4 Å². The van der Waals surface area contributed by atoms with Gasteiger partial charge in [0.25, 0.3) is 0 Å². The van der Waals surface area contributed by atoms with Gasteiger partial charge in [-0.1, -0.05) is 115 Å². The average Bonchev–Trinajstić information content (AvgIpc) is 3.81. The normalized spacial score (nSPS) is 16.7. The molecule has 0 spiro atoms. The van der Waals surface area contributed by atoms with Crippen molar-refractivity contribution in [2.24, 2.45) is 0 Å². The fourth-order valence-electron chi connectivity index (χ4n) is 7.52. The second-order valence-electron chi connectivity index (χ2n) is 14.6. The topological polar surface area (TPSA) is 139 Å². The first-order chi connectivity index (χ1) is 29.5. The Bertz CT molecular complexity index is 2170. The van der Waals surface area contributed by atoms with Gasteiger partial charge in [0.05, 0.1) is 35.3 Å². The lowest BCUT2D eigenvalue weighted by atomic mass is 9.99. The van der Waals surface area contributed by atoms with E-state index in [0.717, 1.165) is 52.1 Å². The van der Waals surface area contributed by atoms with Crippen LogP contribution in [-0.4, -0.2) is 95.1 Å². The number of aliphatic hydroxyl groups excluding tert-OH is 2. The minimum atomic E-state index is -0.288. The fraction of sp³-hybridized carbons (Fsp3) is 0.304. The van der Waals surface area contributed by atoms with Crippen LogP contribution in [0.5, 0.6) is 0 Å². The van der Waals surface area contributed by atoms with Gasteiger partial charge in [0.1, 0.15) is 0 Å². The summed E-state index contributed by atoms with van der Waals surface area (Å²) in [5, 5.41) is 25.9. The van der Waals surface area contributed by atoms with Crippen LogP contribution in [0.4, 0.5) is 0 Å². The maximum absolute atomic E-state index is 12.9. The van der Waals surface area contributed by atoms with E-state index in [4.69, 9.17) is 23.2 Å². The average molecular weight is 1010 g/mol. The van der Waals surface area contributed by atoms with Crippen LogP contribution >= 0.6 is 66.8 Å². The Labute approximate surface area is 387 Å². The molecule has 61 heavy (non-hydrogen) atoms. The molecule has 0 unspecified atom stereocenters. The highest BCUT2D eigenvalue weighted by atomic mass is 79.9. The molecule has 2 aliphatic heterocycles. The van der Waals surface area contributed by atoms with Gasteiger partial charge in [0, 0.05) is 81.0 Å². The van der Waals surface area contributed by atoms with E-state index in [1.54, 1.807) is 22.0 Å². The molecule has 2 atom stereocenters. The summed E-state index contributed by atoms with van der Waals surface area (Å²) in [6, 6.07) is 22.7. The standard InChI is InChI=1S/C46H46Br2Cl2N4O6S/c47-35-9-3-1-7-33(35)43-29(13-19-39(57)51-23-5-25-53-31(27-55)15-21-41(53)59)11-17-37(45(43)49)61-38-18-12-30(44(46(38)50)34-8-2-4-10-36(34)48)14-20-40(58)52-24-6-26-54-32(28-56)16-22-42(54)60/h1-4,7-14,17-20,31-32,55-56H,5-6,15-16,21-28H2,(H,51,57)(H,52,58)/b19-13+,20-14+/t31-,32-/m0/s1. The van der Waals surface area contributed by atoms with Crippen molar-refractivity contribution in [3.05, 3.63) is 115 Å². The third kappa shape index (κ3) is 11.7. The van der Waals surface area contributed by atoms with Gasteiger partial charge in [-0.3, -0.25) is 19.2 Å². The molecule has 2 fully saturated rings. The molecular formula is C46H46Br2Cl2N4O6S. The van der Waals surface area contributed by atoms with E-state index >= 15 is 0 Å². The van der Waals surface area contributed by atoms with Crippen LogP contribution in [0.1, 0.15) is 49.7 Å². The molecule has 0 aliphatic carbocycles. The van der Waals surface area contributed by atoms with Gasteiger partial charge < -0.3 is 30.6 Å². The first kappa shape index (κ1) is 46.6. The highest BCUT2D eigenvalue weighted by Gasteiger charge is 2.30. The molecule has 0 saturated carbocycles. The summed E-state index contributed by atoms with van der Waals surface area (Å²) < 4.78 is 1.64. The molecule has 2 heterocycles. The number of amides is 4. The number of carbonyl (C=O) groups excluding carboxylic acids is 4. The molecule has 6 rings (SSSR count). The van der Waals surface area contributed by atoms with Gasteiger partial charge in [-0.25, -0.2) is 0 Å². The number of carbonyl (C=O) groups is 4. The quantitative estimate of drug-likeness (QED) is 0.0577. The molecule has 0 aromatic heterocycles. The highest BCUT2D eigenvalue weighted by Crippen LogP contribution is 2.48. The van der Waals surface area contributed by atoms with E-state index in [2.05, 4.69) is 42.5 Å². The predicted molar refractivity (Wildman–Crippen MR) is 250 cm³/mol. The number of likely N-dealkylation sites (tertiary alicyclic amines) is 2. The first-order valence-corrected chi connectivity index (χ1v) is 23.2. The smallest absolute Gasteiger partial charge is 0.244 e. The van der Waals surface area contributed by atoms with Gasteiger partial charge in [-0.2, -0.15) is 0 Å². The lowest BCUT2D eigenvalue weighted by Gasteiger charge is -2.23. The van der Waals surface area contributed by atoms with E-state index in [9.17, 15) is 29.4 Å². The Morgan fingerprint density at radius 2 is 1.08 bits per heavy atom. The van der Waals surface area contributed by atoms with Crippen LogP contribution in [0, 0.1) is 0 Å². The molecular weight excluding hydrogens is 967 g/mol.